The molecular weight excluding hydrogens is 300 g/mol. The summed E-state index contributed by atoms with van der Waals surface area (Å²) in [7, 11) is 0. The molecule has 1 N–H and O–H groups in total. The molecule has 0 radical (unpaired) electrons. The zero-order chi connectivity index (χ0) is 15.8. The van der Waals surface area contributed by atoms with Gasteiger partial charge in [0.25, 0.3) is 0 Å². The number of aliphatic hydroxyl groups excluding tert-OH is 1. The lowest BCUT2D eigenvalue weighted by Crippen LogP contribution is -2.35. The van der Waals surface area contributed by atoms with Crippen LogP contribution in [-0.4, -0.2) is 47.4 Å². The van der Waals surface area contributed by atoms with Crippen LogP contribution >= 0.6 is 25.3 Å². The lowest BCUT2D eigenvalue weighted by molar-refractivity contribution is -0.155. The molecule has 0 aliphatic heterocycles. The first-order valence-electron chi connectivity index (χ1n) is 6.47. The fourth-order valence-electron chi connectivity index (χ4n) is 1.24. The molecule has 118 valence electrons. The predicted octanol–water partition coefficient (Wildman–Crippen LogP) is 1.49. The summed E-state index contributed by atoms with van der Waals surface area (Å²) in [5.74, 6) is -0.773. The van der Waals surface area contributed by atoms with E-state index in [1.807, 2.05) is 0 Å². The van der Waals surface area contributed by atoms with E-state index in [-0.39, 0.29) is 55.1 Å². The summed E-state index contributed by atoms with van der Waals surface area (Å²) in [5, 5.41) is 9.19. The Kier molecular flexibility index (Phi) is 9.33. The van der Waals surface area contributed by atoms with Crippen molar-refractivity contribution < 1.29 is 24.2 Å². The fraction of sp³-hybridized carbons (Fsp3) is 0.846. The van der Waals surface area contributed by atoms with Crippen molar-refractivity contribution in [1.29, 1.82) is 0 Å². The van der Waals surface area contributed by atoms with E-state index in [0.29, 0.717) is 0 Å². The number of hydrogen-bond acceptors (Lipinski definition) is 7. The molecule has 0 aromatic carbocycles. The molecule has 0 amide bonds. The fourth-order valence-corrected chi connectivity index (χ4v) is 1.54. The molecule has 0 heterocycles. The van der Waals surface area contributed by atoms with Gasteiger partial charge in [-0.3, -0.25) is 9.59 Å². The van der Waals surface area contributed by atoms with Crippen LogP contribution in [0.15, 0.2) is 0 Å². The van der Waals surface area contributed by atoms with E-state index < -0.39 is 5.41 Å². The minimum Gasteiger partial charge on any atom is -0.465 e. The van der Waals surface area contributed by atoms with Gasteiger partial charge < -0.3 is 14.6 Å². The number of rotatable bonds is 9. The number of hydrogen-bond donors (Lipinski definition) is 3. The number of aliphatic hydroxyl groups is 1. The summed E-state index contributed by atoms with van der Waals surface area (Å²) in [6.07, 6.45) is 0.392. The Morgan fingerprint density at radius 3 is 1.65 bits per heavy atom. The highest BCUT2D eigenvalue weighted by Crippen LogP contribution is 2.18. The van der Waals surface area contributed by atoms with Crippen LogP contribution in [-0.2, 0) is 19.1 Å². The third-order valence-electron chi connectivity index (χ3n) is 2.47. The molecule has 0 saturated heterocycles. The van der Waals surface area contributed by atoms with Gasteiger partial charge in [-0.05, 0) is 0 Å². The quantitative estimate of drug-likeness (QED) is 0.443. The van der Waals surface area contributed by atoms with E-state index in [4.69, 9.17) is 9.47 Å². The summed E-state index contributed by atoms with van der Waals surface area (Å²) < 4.78 is 10.1. The SMILES string of the molecule is CC(S)CC(=O)OCC(C)(CO)COC(=O)CC(C)S. The van der Waals surface area contributed by atoms with Crippen LogP contribution in [0.4, 0.5) is 0 Å². The Hall–Kier alpha value is -0.400. The van der Waals surface area contributed by atoms with Crippen LogP contribution in [0.2, 0.25) is 0 Å². The van der Waals surface area contributed by atoms with Gasteiger partial charge in [-0.2, -0.15) is 25.3 Å². The first kappa shape index (κ1) is 19.6. The average molecular weight is 324 g/mol. The first-order valence-corrected chi connectivity index (χ1v) is 7.50. The predicted molar refractivity (Wildman–Crippen MR) is 83.2 cm³/mol. The van der Waals surface area contributed by atoms with Crippen molar-refractivity contribution in [2.75, 3.05) is 19.8 Å². The Bertz CT molecular complexity index is 292. The second-order valence-corrected chi connectivity index (χ2v) is 7.16. The van der Waals surface area contributed by atoms with Crippen molar-refractivity contribution >= 4 is 37.2 Å². The normalized spacial score (nSPS) is 16.9. The van der Waals surface area contributed by atoms with Crippen LogP contribution in [0.5, 0.6) is 0 Å². The van der Waals surface area contributed by atoms with Crippen LogP contribution in [0, 0.1) is 5.41 Å². The van der Waals surface area contributed by atoms with Crippen molar-refractivity contribution in [3.8, 4) is 0 Å². The number of esters is 2. The molecule has 0 rings (SSSR count). The van der Waals surface area contributed by atoms with Crippen molar-refractivity contribution in [1.82, 2.24) is 0 Å². The van der Waals surface area contributed by atoms with Crippen molar-refractivity contribution in [2.24, 2.45) is 5.41 Å². The molecule has 0 saturated carbocycles. The van der Waals surface area contributed by atoms with Gasteiger partial charge in [0.2, 0.25) is 0 Å². The van der Waals surface area contributed by atoms with Gasteiger partial charge in [-0.25, -0.2) is 0 Å². The Morgan fingerprint density at radius 1 is 1.05 bits per heavy atom. The molecule has 0 spiro atoms. The maximum absolute atomic E-state index is 11.4. The molecule has 7 heteroatoms. The van der Waals surface area contributed by atoms with Crippen LogP contribution in [0.3, 0.4) is 0 Å². The second-order valence-electron chi connectivity index (χ2n) is 5.40. The molecular formula is C13H24O5S2. The zero-order valence-electron chi connectivity index (χ0n) is 12.2. The summed E-state index contributed by atoms with van der Waals surface area (Å²) in [6, 6.07) is 0. The third kappa shape index (κ3) is 9.50. The molecule has 0 aromatic heterocycles. The van der Waals surface area contributed by atoms with Crippen LogP contribution in [0.1, 0.15) is 33.6 Å². The molecule has 0 aromatic rings. The Labute approximate surface area is 131 Å². The topological polar surface area (TPSA) is 72.8 Å². The van der Waals surface area contributed by atoms with Crippen molar-refractivity contribution in [3.05, 3.63) is 0 Å². The van der Waals surface area contributed by atoms with E-state index >= 15 is 0 Å². The molecule has 2 unspecified atom stereocenters. The summed E-state index contributed by atoms with van der Waals surface area (Å²) in [4.78, 5) is 22.9. The lowest BCUT2D eigenvalue weighted by atomic mass is 9.94. The van der Waals surface area contributed by atoms with E-state index in [2.05, 4.69) is 25.3 Å². The molecule has 20 heavy (non-hydrogen) atoms. The standard InChI is InChI=1S/C13H24O5S2/c1-9(19)4-11(15)17-7-13(3,6-14)8-18-12(16)5-10(2)20/h9-10,14,19-20H,4-8H2,1-3H3. The minimum atomic E-state index is -0.801. The zero-order valence-corrected chi connectivity index (χ0v) is 14.0. The lowest BCUT2D eigenvalue weighted by Gasteiger charge is -2.26. The molecule has 2 atom stereocenters. The molecule has 0 aliphatic rings. The van der Waals surface area contributed by atoms with E-state index in [9.17, 15) is 14.7 Å². The van der Waals surface area contributed by atoms with E-state index in [1.54, 1.807) is 20.8 Å². The Balaban J connectivity index is 4.19. The van der Waals surface area contributed by atoms with Gasteiger partial charge in [0.15, 0.2) is 0 Å². The molecule has 5 nitrogen and oxygen atoms in total. The first-order chi connectivity index (χ1) is 9.18. The van der Waals surface area contributed by atoms with Gasteiger partial charge in [0, 0.05) is 10.5 Å². The van der Waals surface area contributed by atoms with Crippen molar-refractivity contribution in [2.45, 2.75) is 44.1 Å². The summed E-state index contributed by atoms with van der Waals surface area (Å²) >= 11 is 8.20. The molecule has 0 bridgehead atoms. The maximum atomic E-state index is 11.4. The summed E-state index contributed by atoms with van der Waals surface area (Å²) in [5.41, 5.74) is -0.801. The van der Waals surface area contributed by atoms with Gasteiger partial charge in [0.05, 0.1) is 24.9 Å². The Morgan fingerprint density at radius 2 is 1.40 bits per heavy atom. The monoisotopic (exact) mass is 324 g/mol. The second kappa shape index (κ2) is 9.52. The van der Waals surface area contributed by atoms with Crippen LogP contribution in [0.25, 0.3) is 0 Å². The van der Waals surface area contributed by atoms with E-state index in [0.717, 1.165) is 0 Å². The van der Waals surface area contributed by atoms with Gasteiger partial charge >= 0.3 is 11.9 Å². The molecule has 0 fully saturated rings. The minimum absolute atomic E-state index is 0.00740. The van der Waals surface area contributed by atoms with Gasteiger partial charge in [-0.1, -0.05) is 20.8 Å². The molecule has 0 aliphatic carbocycles. The van der Waals surface area contributed by atoms with E-state index in [1.165, 1.54) is 0 Å². The summed E-state index contributed by atoms with van der Waals surface area (Å²) in [6.45, 7) is 4.99. The number of carbonyl (C=O) groups excluding carboxylic acids is 2. The largest absolute Gasteiger partial charge is 0.465 e. The number of thiol groups is 2. The highest BCUT2D eigenvalue weighted by atomic mass is 32.1. The van der Waals surface area contributed by atoms with Crippen LogP contribution < -0.4 is 0 Å². The number of carbonyl (C=O) groups is 2. The highest BCUT2D eigenvalue weighted by molar-refractivity contribution is 7.81. The van der Waals surface area contributed by atoms with Gasteiger partial charge in [-0.15, -0.1) is 0 Å². The smallest absolute Gasteiger partial charge is 0.306 e. The maximum Gasteiger partial charge on any atom is 0.306 e. The van der Waals surface area contributed by atoms with Gasteiger partial charge in [0.1, 0.15) is 13.2 Å². The van der Waals surface area contributed by atoms with Crippen molar-refractivity contribution in [3.63, 3.8) is 0 Å². The average Bonchev–Trinajstić information content (AvgIpc) is 2.32. The number of ether oxygens (including phenoxy) is 2. The third-order valence-corrected chi connectivity index (χ3v) is 2.83. The highest BCUT2D eigenvalue weighted by Gasteiger charge is 2.28.